The van der Waals surface area contributed by atoms with E-state index in [1.54, 1.807) is 0 Å². The average Bonchev–Trinajstić information content (AvgIpc) is 2.81. The maximum absolute atomic E-state index is 13.1. The monoisotopic (exact) mass is 326 g/mol. The van der Waals surface area contributed by atoms with Crippen LogP contribution in [0.25, 0.3) is 5.95 Å². The van der Waals surface area contributed by atoms with E-state index in [1.807, 2.05) is 25.3 Å². The zero-order chi connectivity index (χ0) is 17.3. The molecule has 3 rings (SSSR count). The summed E-state index contributed by atoms with van der Waals surface area (Å²) in [7, 11) is 0. The Bertz CT molecular complexity index is 903. The van der Waals surface area contributed by atoms with Crippen LogP contribution in [-0.2, 0) is 0 Å². The zero-order valence-corrected chi connectivity index (χ0v) is 13.4. The number of nitrogens with zero attached hydrogens (tertiary/aromatic N) is 5. The highest BCUT2D eigenvalue weighted by Gasteiger charge is 2.12. The highest BCUT2D eigenvalue weighted by Crippen LogP contribution is 2.15. The quantitative estimate of drug-likeness (QED) is 0.798. The van der Waals surface area contributed by atoms with Gasteiger partial charge in [-0.05, 0) is 26.8 Å². The van der Waals surface area contributed by atoms with Gasteiger partial charge in [0.15, 0.2) is 0 Å². The second-order valence-electron chi connectivity index (χ2n) is 5.28. The van der Waals surface area contributed by atoms with Gasteiger partial charge in [-0.15, -0.1) is 0 Å². The van der Waals surface area contributed by atoms with Gasteiger partial charge in [0.1, 0.15) is 11.6 Å². The lowest BCUT2D eigenvalue weighted by atomic mass is 10.2. The Kier molecular flexibility index (Phi) is 4.03. The molecular weight excluding hydrogens is 311 g/mol. The molecule has 1 amide bonds. The van der Waals surface area contributed by atoms with E-state index in [2.05, 4.69) is 25.3 Å². The second kappa shape index (κ2) is 6.15. The van der Waals surface area contributed by atoms with Crippen molar-refractivity contribution in [2.24, 2.45) is 0 Å². The van der Waals surface area contributed by atoms with E-state index in [4.69, 9.17) is 0 Å². The number of hydrogen-bond acceptors (Lipinski definition) is 5. The number of anilines is 1. The first-order valence-electron chi connectivity index (χ1n) is 7.22. The zero-order valence-electron chi connectivity index (χ0n) is 13.4. The number of halogens is 1. The summed E-state index contributed by atoms with van der Waals surface area (Å²) in [5.41, 5.74) is 2.39. The molecule has 122 valence electrons. The molecule has 0 spiro atoms. The van der Waals surface area contributed by atoms with Gasteiger partial charge >= 0.3 is 0 Å². The summed E-state index contributed by atoms with van der Waals surface area (Å²) >= 11 is 0. The SMILES string of the molecule is Cc1nc(C)n(-c2ncc(NC(=O)c3cncc(F)c3)cn2)c1C. The summed E-state index contributed by atoms with van der Waals surface area (Å²) < 4.78 is 14.9. The Balaban J connectivity index is 1.81. The summed E-state index contributed by atoms with van der Waals surface area (Å²) in [6.07, 6.45) is 5.30. The normalized spacial score (nSPS) is 10.7. The molecule has 0 saturated heterocycles. The predicted octanol–water partition coefficient (Wildman–Crippen LogP) is 2.37. The smallest absolute Gasteiger partial charge is 0.257 e. The van der Waals surface area contributed by atoms with Crippen LogP contribution in [-0.4, -0.2) is 30.4 Å². The summed E-state index contributed by atoms with van der Waals surface area (Å²) in [5, 5.41) is 2.60. The standard InChI is InChI=1S/C16H15FN6O/c1-9-10(2)23(11(3)21-9)16-19-7-14(8-20-16)22-15(24)12-4-13(17)6-18-5-12/h4-8H,1-3H3,(H,22,24). The van der Waals surface area contributed by atoms with Gasteiger partial charge in [-0.2, -0.15) is 0 Å². The molecule has 3 aromatic rings. The number of aromatic nitrogens is 5. The molecule has 0 saturated carbocycles. The lowest BCUT2D eigenvalue weighted by Gasteiger charge is -2.08. The van der Waals surface area contributed by atoms with Crippen molar-refractivity contribution in [1.82, 2.24) is 24.5 Å². The third kappa shape index (κ3) is 2.98. The molecule has 0 aliphatic heterocycles. The van der Waals surface area contributed by atoms with Crippen molar-refractivity contribution in [3.63, 3.8) is 0 Å². The van der Waals surface area contributed by atoms with Gasteiger partial charge in [0.25, 0.3) is 5.91 Å². The van der Waals surface area contributed by atoms with E-state index in [1.165, 1.54) is 18.6 Å². The molecule has 24 heavy (non-hydrogen) atoms. The second-order valence-corrected chi connectivity index (χ2v) is 5.28. The molecular formula is C16H15FN6O. The van der Waals surface area contributed by atoms with Crippen molar-refractivity contribution in [3.05, 3.63) is 59.4 Å². The van der Waals surface area contributed by atoms with Crippen LogP contribution in [0.3, 0.4) is 0 Å². The number of carbonyl (C=O) groups excluding carboxylic acids is 1. The van der Waals surface area contributed by atoms with Crippen LogP contribution in [0.5, 0.6) is 0 Å². The lowest BCUT2D eigenvalue weighted by Crippen LogP contribution is -2.13. The van der Waals surface area contributed by atoms with Gasteiger partial charge in [0.05, 0.1) is 35.5 Å². The molecule has 1 N–H and O–H groups in total. The van der Waals surface area contributed by atoms with Crippen molar-refractivity contribution in [1.29, 1.82) is 0 Å². The number of amides is 1. The van der Waals surface area contributed by atoms with Gasteiger partial charge in [0, 0.05) is 11.9 Å². The highest BCUT2D eigenvalue weighted by atomic mass is 19.1. The summed E-state index contributed by atoms with van der Waals surface area (Å²) in [4.78, 5) is 28.6. The molecule has 0 aliphatic rings. The number of imidazole rings is 1. The minimum atomic E-state index is -0.573. The number of rotatable bonds is 3. The Labute approximate surface area is 137 Å². The average molecular weight is 326 g/mol. The van der Waals surface area contributed by atoms with E-state index in [0.717, 1.165) is 29.5 Å². The number of aryl methyl sites for hydroxylation is 2. The van der Waals surface area contributed by atoms with Gasteiger partial charge in [-0.1, -0.05) is 0 Å². The summed E-state index contributed by atoms with van der Waals surface area (Å²) in [5.74, 6) is 0.198. The number of nitrogens with one attached hydrogen (secondary N) is 1. The number of carbonyl (C=O) groups is 1. The number of hydrogen-bond donors (Lipinski definition) is 1. The fourth-order valence-corrected chi connectivity index (χ4v) is 2.31. The van der Waals surface area contributed by atoms with Gasteiger partial charge < -0.3 is 5.32 Å². The van der Waals surface area contributed by atoms with Gasteiger partial charge in [-0.3, -0.25) is 14.3 Å². The molecule has 0 radical (unpaired) electrons. The molecule has 0 aliphatic carbocycles. The predicted molar refractivity (Wildman–Crippen MR) is 85.5 cm³/mol. The van der Waals surface area contributed by atoms with Crippen LogP contribution < -0.4 is 5.32 Å². The van der Waals surface area contributed by atoms with Gasteiger partial charge in [0.2, 0.25) is 5.95 Å². The van der Waals surface area contributed by atoms with E-state index in [0.29, 0.717) is 11.6 Å². The minimum absolute atomic E-state index is 0.121. The molecule has 0 fully saturated rings. The van der Waals surface area contributed by atoms with Crippen LogP contribution in [0.2, 0.25) is 0 Å². The first-order chi connectivity index (χ1) is 11.5. The largest absolute Gasteiger partial charge is 0.319 e. The van der Waals surface area contributed by atoms with Crippen LogP contribution in [0, 0.1) is 26.6 Å². The van der Waals surface area contributed by atoms with Crippen molar-refractivity contribution in [2.75, 3.05) is 5.32 Å². The first kappa shape index (κ1) is 15.7. The first-order valence-corrected chi connectivity index (χ1v) is 7.22. The Morgan fingerprint density at radius 1 is 1.12 bits per heavy atom. The van der Waals surface area contributed by atoms with E-state index in [-0.39, 0.29) is 5.56 Å². The van der Waals surface area contributed by atoms with E-state index in [9.17, 15) is 9.18 Å². The van der Waals surface area contributed by atoms with Crippen molar-refractivity contribution >= 4 is 11.6 Å². The molecule has 0 unspecified atom stereocenters. The fraction of sp³-hybridized carbons (Fsp3) is 0.188. The highest BCUT2D eigenvalue weighted by molar-refractivity contribution is 6.03. The van der Waals surface area contributed by atoms with E-state index < -0.39 is 11.7 Å². The maximum Gasteiger partial charge on any atom is 0.257 e. The third-order valence-corrected chi connectivity index (χ3v) is 3.58. The molecule has 3 heterocycles. The Morgan fingerprint density at radius 2 is 1.83 bits per heavy atom. The van der Waals surface area contributed by atoms with Crippen molar-refractivity contribution in [2.45, 2.75) is 20.8 Å². The molecule has 0 atom stereocenters. The molecule has 3 aromatic heterocycles. The third-order valence-electron chi connectivity index (χ3n) is 3.58. The summed E-state index contributed by atoms with van der Waals surface area (Å²) in [6.45, 7) is 5.72. The summed E-state index contributed by atoms with van der Waals surface area (Å²) in [6, 6.07) is 1.11. The van der Waals surface area contributed by atoms with Crippen LogP contribution in [0.1, 0.15) is 27.6 Å². The van der Waals surface area contributed by atoms with Crippen molar-refractivity contribution in [3.8, 4) is 5.95 Å². The van der Waals surface area contributed by atoms with Crippen LogP contribution in [0.4, 0.5) is 10.1 Å². The molecule has 7 nitrogen and oxygen atoms in total. The molecule has 0 aromatic carbocycles. The van der Waals surface area contributed by atoms with Crippen molar-refractivity contribution < 1.29 is 9.18 Å². The molecule has 8 heteroatoms. The molecule has 0 bridgehead atoms. The maximum atomic E-state index is 13.1. The topological polar surface area (TPSA) is 85.6 Å². The van der Waals surface area contributed by atoms with Gasteiger partial charge in [-0.25, -0.2) is 19.3 Å². The van der Waals surface area contributed by atoms with Crippen LogP contribution >= 0.6 is 0 Å². The Hall–Kier alpha value is -3.16. The van der Waals surface area contributed by atoms with Crippen LogP contribution in [0.15, 0.2) is 30.9 Å². The Morgan fingerprint density at radius 3 is 2.42 bits per heavy atom. The minimum Gasteiger partial charge on any atom is -0.319 e. The van der Waals surface area contributed by atoms with E-state index >= 15 is 0 Å². The fourth-order valence-electron chi connectivity index (χ4n) is 2.31. The lowest BCUT2D eigenvalue weighted by molar-refractivity contribution is 0.102. The number of pyridine rings is 1.